The molecule has 2 rings (SSSR count). The van der Waals surface area contributed by atoms with Crippen LogP contribution in [0.2, 0.25) is 0 Å². The van der Waals surface area contributed by atoms with Crippen LogP contribution in [0.25, 0.3) is 0 Å². The third-order valence-electron chi connectivity index (χ3n) is 0.889. The largest absolute Gasteiger partial charge is 0.505 e. The summed E-state index contributed by atoms with van der Waals surface area (Å²) in [4.78, 5) is 0. The fourth-order valence-corrected chi connectivity index (χ4v) is 2.47. The van der Waals surface area contributed by atoms with E-state index in [1.807, 2.05) is 0 Å². The molecule has 0 unspecified atom stereocenters. The molecule has 0 atom stereocenters. The minimum absolute atomic E-state index is 0.802. The molecule has 2 radical (unpaired) electrons. The van der Waals surface area contributed by atoms with E-state index < -0.39 is 15.6 Å². The van der Waals surface area contributed by atoms with E-state index in [-0.39, 0.29) is 0 Å². The molecule has 0 aromatic carbocycles. The third-order valence-corrected chi connectivity index (χ3v) is 3.87. The molecule has 0 saturated carbocycles. The highest BCUT2D eigenvalue weighted by molar-refractivity contribution is 7.66. The van der Waals surface area contributed by atoms with Crippen molar-refractivity contribution in [2.45, 2.75) is 0 Å². The molecule has 0 spiro atoms. The first-order valence-corrected chi connectivity index (χ1v) is 5.32. The van der Waals surface area contributed by atoms with Crippen LogP contribution in [0.4, 0.5) is 0 Å². The van der Waals surface area contributed by atoms with Crippen LogP contribution in [0, 0.1) is 0 Å². The van der Waals surface area contributed by atoms with Gasteiger partial charge in [-0.25, -0.2) is 9.13 Å². The van der Waals surface area contributed by atoms with Gasteiger partial charge in [-0.05, 0) is 0 Å². The van der Waals surface area contributed by atoms with Gasteiger partial charge in [0.05, 0.1) is 0 Å². The standard InChI is InChI=1S/B2O7P2/c3-10(5-1-6-10)9-11(4)7-2-8-11. The second kappa shape index (κ2) is 2.44. The Balaban J connectivity index is 1.99. The average molecular weight is 196 g/mol. The Morgan fingerprint density at radius 1 is 0.909 bits per heavy atom. The predicted molar refractivity (Wildman–Crippen MR) is 32.1 cm³/mol. The van der Waals surface area contributed by atoms with Gasteiger partial charge >= 0.3 is 31.0 Å². The molecule has 0 aliphatic carbocycles. The summed E-state index contributed by atoms with van der Waals surface area (Å²) in [6.07, 6.45) is 0. The summed E-state index contributed by atoms with van der Waals surface area (Å²) in [6.45, 7) is 0. The maximum Gasteiger partial charge on any atom is 0.505 e. The van der Waals surface area contributed by atoms with E-state index in [9.17, 15) is 9.13 Å². The summed E-state index contributed by atoms with van der Waals surface area (Å²) in [7, 11) is -5.73. The fourth-order valence-electron chi connectivity index (χ4n) is 0.426. The minimum atomic E-state index is -3.67. The third kappa shape index (κ3) is 1.46. The van der Waals surface area contributed by atoms with Crippen molar-refractivity contribution < 1.29 is 31.2 Å². The first-order valence-electron chi connectivity index (χ1n) is 2.40. The van der Waals surface area contributed by atoms with Crippen molar-refractivity contribution in [3.05, 3.63) is 0 Å². The molecule has 0 bridgehead atoms. The Bertz CT molecular complexity index is 217. The van der Waals surface area contributed by atoms with Gasteiger partial charge in [0.25, 0.3) is 0 Å². The first kappa shape index (κ1) is 8.01. The lowest BCUT2D eigenvalue weighted by atomic mass is 10.4. The summed E-state index contributed by atoms with van der Waals surface area (Å²) in [6, 6.07) is 0. The number of phosphoric acid groups is 2. The zero-order valence-electron chi connectivity index (χ0n) is 4.91. The summed E-state index contributed by atoms with van der Waals surface area (Å²) in [5.41, 5.74) is 0. The Morgan fingerprint density at radius 3 is 1.45 bits per heavy atom. The van der Waals surface area contributed by atoms with E-state index >= 15 is 0 Å². The smallest absolute Gasteiger partial charge is 0.320 e. The summed E-state index contributed by atoms with van der Waals surface area (Å²) in [5, 5.41) is 0. The second-order valence-corrected chi connectivity index (χ2v) is 4.88. The molecule has 2 heterocycles. The van der Waals surface area contributed by atoms with Crippen molar-refractivity contribution in [1.29, 1.82) is 0 Å². The van der Waals surface area contributed by atoms with Crippen LogP contribution in [0.3, 0.4) is 0 Å². The Morgan fingerprint density at radius 2 is 1.27 bits per heavy atom. The molecule has 0 aromatic rings. The lowest BCUT2D eigenvalue weighted by molar-refractivity contribution is 0.174. The number of hydrogen-bond acceptors (Lipinski definition) is 7. The lowest BCUT2D eigenvalue weighted by Crippen LogP contribution is -2.21. The molecule has 0 amide bonds. The maximum absolute atomic E-state index is 10.8. The summed E-state index contributed by atoms with van der Waals surface area (Å²) < 4.78 is 42.8. The summed E-state index contributed by atoms with van der Waals surface area (Å²) >= 11 is 0. The molecular formula is B2O7P2. The molecule has 2 fully saturated rings. The number of hydrogen-bond donors (Lipinski definition) is 0. The van der Waals surface area contributed by atoms with Crippen LogP contribution in [0.15, 0.2) is 0 Å². The zero-order valence-corrected chi connectivity index (χ0v) is 6.70. The lowest BCUT2D eigenvalue weighted by Gasteiger charge is -2.30. The first-order chi connectivity index (χ1) is 5.12. The molecule has 2 saturated heterocycles. The van der Waals surface area contributed by atoms with Gasteiger partial charge in [-0.3, -0.25) is 0 Å². The van der Waals surface area contributed by atoms with Crippen molar-refractivity contribution in [3.63, 3.8) is 0 Å². The topological polar surface area (TPSA) is 80.3 Å². The van der Waals surface area contributed by atoms with E-state index in [0.29, 0.717) is 0 Å². The van der Waals surface area contributed by atoms with Gasteiger partial charge in [-0.2, -0.15) is 4.31 Å². The van der Waals surface area contributed by atoms with Crippen molar-refractivity contribution in [2.24, 2.45) is 0 Å². The molecule has 2 aliphatic rings. The van der Waals surface area contributed by atoms with Crippen LogP contribution in [0.1, 0.15) is 0 Å². The van der Waals surface area contributed by atoms with E-state index in [2.05, 4.69) is 22.1 Å². The molecular weight excluding hydrogens is 196 g/mol. The van der Waals surface area contributed by atoms with Crippen LogP contribution in [-0.4, -0.2) is 15.4 Å². The highest BCUT2D eigenvalue weighted by Crippen LogP contribution is 2.71. The van der Waals surface area contributed by atoms with E-state index in [0.717, 1.165) is 15.4 Å². The van der Waals surface area contributed by atoms with Crippen LogP contribution < -0.4 is 0 Å². The Kier molecular flexibility index (Phi) is 1.77. The van der Waals surface area contributed by atoms with Gasteiger partial charge in [-0.15, -0.1) is 0 Å². The summed E-state index contributed by atoms with van der Waals surface area (Å²) in [5.74, 6) is 0. The van der Waals surface area contributed by atoms with Crippen molar-refractivity contribution >= 4 is 31.0 Å². The van der Waals surface area contributed by atoms with Crippen molar-refractivity contribution in [2.75, 3.05) is 0 Å². The van der Waals surface area contributed by atoms with Gasteiger partial charge in [-0.1, -0.05) is 0 Å². The normalized spacial score (nSPS) is 30.5. The van der Waals surface area contributed by atoms with Crippen molar-refractivity contribution in [3.8, 4) is 0 Å². The van der Waals surface area contributed by atoms with Crippen LogP contribution in [-0.2, 0) is 31.2 Å². The predicted octanol–water partition coefficient (Wildman–Crippen LogP) is 0.381. The van der Waals surface area contributed by atoms with Crippen LogP contribution >= 0.6 is 15.6 Å². The number of rotatable bonds is 2. The minimum Gasteiger partial charge on any atom is -0.320 e. The van der Waals surface area contributed by atoms with Gasteiger partial charge in [0.15, 0.2) is 0 Å². The molecule has 7 nitrogen and oxygen atoms in total. The molecule has 11 heteroatoms. The Hall–Kier alpha value is 0.390. The van der Waals surface area contributed by atoms with Gasteiger partial charge < -0.3 is 17.8 Å². The average Bonchev–Trinajstić information content (AvgIpc) is 1.81. The van der Waals surface area contributed by atoms with Gasteiger partial charge in [0, 0.05) is 0 Å². The van der Waals surface area contributed by atoms with Crippen molar-refractivity contribution in [1.82, 2.24) is 0 Å². The fraction of sp³-hybridized carbons (Fsp3) is 0. The van der Waals surface area contributed by atoms with E-state index in [1.54, 1.807) is 0 Å². The zero-order chi connectivity index (χ0) is 7.95. The molecule has 11 heavy (non-hydrogen) atoms. The van der Waals surface area contributed by atoms with E-state index in [1.165, 1.54) is 0 Å². The molecule has 58 valence electrons. The maximum atomic E-state index is 10.8. The van der Waals surface area contributed by atoms with E-state index in [4.69, 9.17) is 0 Å². The van der Waals surface area contributed by atoms with Crippen LogP contribution in [0.5, 0.6) is 0 Å². The second-order valence-electron chi connectivity index (χ2n) is 1.59. The molecule has 0 aromatic heterocycles. The van der Waals surface area contributed by atoms with Gasteiger partial charge in [0.2, 0.25) is 0 Å². The quantitative estimate of drug-likeness (QED) is 0.465. The highest BCUT2D eigenvalue weighted by atomic mass is 31.3. The SMILES string of the molecule is O=P1(OP2(=O)O[B]O2)O[B]O1. The highest BCUT2D eigenvalue weighted by Gasteiger charge is 2.50. The Labute approximate surface area is 63.1 Å². The van der Waals surface area contributed by atoms with Gasteiger partial charge in [0.1, 0.15) is 0 Å². The molecule has 0 N–H and O–H groups in total. The monoisotopic (exact) mass is 196 g/mol. The molecule has 2 aliphatic heterocycles.